The van der Waals surface area contributed by atoms with Gasteiger partial charge in [0.1, 0.15) is 6.33 Å². The molecule has 0 saturated carbocycles. The number of nitrogens with zero attached hydrogens (tertiary/aromatic N) is 5. The van der Waals surface area contributed by atoms with Gasteiger partial charge in [-0.2, -0.15) is 0 Å². The molecule has 26 heavy (non-hydrogen) atoms. The zero-order valence-corrected chi connectivity index (χ0v) is 14.6. The molecule has 0 amide bonds. The number of pyridine rings is 1. The van der Waals surface area contributed by atoms with Gasteiger partial charge in [-0.1, -0.05) is 12.5 Å². The van der Waals surface area contributed by atoms with Gasteiger partial charge in [-0.15, -0.1) is 0 Å². The van der Waals surface area contributed by atoms with Crippen LogP contribution in [-0.4, -0.2) is 51.0 Å². The summed E-state index contributed by atoms with van der Waals surface area (Å²) in [5.41, 5.74) is 0.787. The van der Waals surface area contributed by atoms with E-state index < -0.39 is 4.92 Å². The van der Waals surface area contributed by atoms with Crippen LogP contribution < -0.4 is 10.6 Å². The van der Waals surface area contributed by atoms with E-state index >= 15 is 0 Å². The first-order valence-corrected chi connectivity index (χ1v) is 8.82. The minimum atomic E-state index is -0.450. The smallest absolute Gasteiger partial charge is 0.353 e. The highest BCUT2D eigenvalue weighted by atomic mass is 16.6. The number of rotatable bonds is 8. The van der Waals surface area contributed by atoms with Crippen molar-refractivity contribution >= 4 is 17.3 Å². The molecule has 0 atom stereocenters. The van der Waals surface area contributed by atoms with E-state index in [1.807, 2.05) is 12.1 Å². The van der Waals surface area contributed by atoms with Crippen LogP contribution in [0.15, 0.2) is 30.9 Å². The van der Waals surface area contributed by atoms with Gasteiger partial charge in [-0.3, -0.25) is 15.1 Å². The van der Waals surface area contributed by atoms with Crippen LogP contribution in [0.25, 0.3) is 0 Å². The number of piperidine rings is 1. The van der Waals surface area contributed by atoms with Gasteiger partial charge in [0.25, 0.3) is 0 Å². The number of hydrogen-bond acceptors (Lipinski definition) is 8. The third kappa shape index (κ3) is 4.85. The van der Waals surface area contributed by atoms with Crippen LogP contribution in [0, 0.1) is 10.1 Å². The Kier molecular flexibility index (Phi) is 6.26. The average molecular weight is 357 g/mol. The fourth-order valence-corrected chi connectivity index (χ4v) is 3.01. The lowest BCUT2D eigenvalue weighted by atomic mass is 10.1. The van der Waals surface area contributed by atoms with E-state index in [2.05, 4.69) is 30.5 Å². The van der Waals surface area contributed by atoms with Crippen LogP contribution in [0.4, 0.5) is 17.3 Å². The molecule has 1 saturated heterocycles. The molecule has 3 heterocycles. The van der Waals surface area contributed by atoms with Crippen LogP contribution in [0.2, 0.25) is 0 Å². The van der Waals surface area contributed by atoms with Crippen molar-refractivity contribution in [3.05, 3.63) is 46.5 Å². The molecule has 0 radical (unpaired) electrons. The molecule has 138 valence electrons. The zero-order chi connectivity index (χ0) is 18.2. The number of anilines is 2. The molecule has 0 spiro atoms. The first kappa shape index (κ1) is 18.0. The van der Waals surface area contributed by atoms with Crippen molar-refractivity contribution in [2.24, 2.45) is 0 Å². The van der Waals surface area contributed by atoms with E-state index in [1.54, 1.807) is 12.4 Å². The highest BCUT2D eigenvalue weighted by Gasteiger charge is 2.22. The van der Waals surface area contributed by atoms with Crippen molar-refractivity contribution in [3.8, 4) is 0 Å². The molecule has 0 aliphatic carbocycles. The van der Waals surface area contributed by atoms with Crippen molar-refractivity contribution in [3.63, 3.8) is 0 Å². The monoisotopic (exact) mass is 357 g/mol. The summed E-state index contributed by atoms with van der Waals surface area (Å²) in [7, 11) is 0. The quantitative estimate of drug-likeness (QED) is 0.547. The first-order chi connectivity index (χ1) is 12.7. The molecule has 9 nitrogen and oxygen atoms in total. The SMILES string of the molecule is O=[N+]([O-])c1c(NCCN2CCCCC2)ncnc1NCc1cccnc1. The lowest BCUT2D eigenvalue weighted by molar-refractivity contribution is -0.383. The molecule has 2 aromatic rings. The Morgan fingerprint density at radius 3 is 2.62 bits per heavy atom. The Morgan fingerprint density at radius 2 is 1.92 bits per heavy atom. The molecule has 3 rings (SSSR count). The average Bonchev–Trinajstić information content (AvgIpc) is 2.68. The Labute approximate surface area is 152 Å². The van der Waals surface area contributed by atoms with Crippen molar-refractivity contribution in [2.45, 2.75) is 25.8 Å². The third-order valence-electron chi connectivity index (χ3n) is 4.36. The minimum Gasteiger partial charge on any atom is -0.363 e. The maximum absolute atomic E-state index is 11.5. The highest BCUT2D eigenvalue weighted by molar-refractivity contribution is 5.69. The normalized spacial score (nSPS) is 14.8. The number of aromatic nitrogens is 3. The summed E-state index contributed by atoms with van der Waals surface area (Å²) in [5, 5.41) is 17.6. The molecule has 2 aromatic heterocycles. The number of hydrogen-bond donors (Lipinski definition) is 2. The number of likely N-dealkylation sites (tertiary alicyclic amines) is 1. The summed E-state index contributed by atoms with van der Waals surface area (Å²) in [6.45, 7) is 4.04. The Balaban J connectivity index is 1.64. The standard InChI is InChI=1S/C17H23N7O2/c25-24(26)15-16(19-7-10-23-8-2-1-3-9-23)21-13-22-17(15)20-12-14-5-4-6-18-11-14/h4-6,11,13H,1-3,7-10,12H2,(H2,19,20,21,22). The molecule has 1 aliphatic rings. The lowest BCUT2D eigenvalue weighted by Crippen LogP contribution is -2.33. The van der Waals surface area contributed by atoms with Gasteiger partial charge in [0.05, 0.1) is 4.92 Å². The lowest BCUT2D eigenvalue weighted by Gasteiger charge is -2.26. The maximum Gasteiger partial charge on any atom is 0.353 e. The minimum absolute atomic E-state index is 0.130. The van der Waals surface area contributed by atoms with E-state index in [-0.39, 0.29) is 17.3 Å². The van der Waals surface area contributed by atoms with Crippen molar-refractivity contribution in [1.29, 1.82) is 0 Å². The summed E-state index contributed by atoms with van der Waals surface area (Å²) >= 11 is 0. The number of nitrogens with one attached hydrogen (secondary N) is 2. The van der Waals surface area contributed by atoms with Crippen LogP contribution in [0.3, 0.4) is 0 Å². The van der Waals surface area contributed by atoms with Crippen molar-refractivity contribution in [1.82, 2.24) is 19.9 Å². The predicted octanol–water partition coefficient (Wildman–Crippen LogP) is 2.29. The molecule has 0 aromatic carbocycles. The van der Waals surface area contributed by atoms with Crippen molar-refractivity contribution < 1.29 is 4.92 Å². The summed E-state index contributed by atoms with van der Waals surface area (Å²) in [6, 6.07) is 3.71. The van der Waals surface area contributed by atoms with E-state index in [4.69, 9.17) is 0 Å². The van der Waals surface area contributed by atoms with E-state index in [9.17, 15) is 10.1 Å². The van der Waals surface area contributed by atoms with Crippen LogP contribution >= 0.6 is 0 Å². The van der Waals surface area contributed by atoms with Gasteiger partial charge in [0.15, 0.2) is 0 Å². The summed E-state index contributed by atoms with van der Waals surface area (Å²) in [4.78, 5) is 25.6. The van der Waals surface area contributed by atoms with Gasteiger partial charge >= 0.3 is 5.69 Å². The number of nitro groups is 1. The van der Waals surface area contributed by atoms with Gasteiger partial charge in [-0.25, -0.2) is 9.97 Å². The Hall–Kier alpha value is -2.81. The predicted molar refractivity (Wildman–Crippen MR) is 99.0 cm³/mol. The van der Waals surface area contributed by atoms with Gasteiger partial charge < -0.3 is 15.5 Å². The summed E-state index contributed by atoms with van der Waals surface area (Å²) in [6.07, 6.45) is 8.44. The Bertz CT molecular complexity index is 720. The fraction of sp³-hybridized carbons (Fsp3) is 0.471. The zero-order valence-electron chi connectivity index (χ0n) is 14.6. The highest BCUT2D eigenvalue weighted by Crippen LogP contribution is 2.29. The van der Waals surface area contributed by atoms with Crippen molar-refractivity contribution in [2.75, 3.05) is 36.8 Å². The molecular weight excluding hydrogens is 334 g/mol. The molecule has 9 heteroatoms. The molecule has 2 N–H and O–H groups in total. The van der Waals surface area contributed by atoms with Gasteiger partial charge in [0, 0.05) is 32.0 Å². The fourth-order valence-electron chi connectivity index (χ4n) is 3.01. The second kappa shape index (κ2) is 9.04. The molecule has 1 fully saturated rings. The summed E-state index contributed by atoms with van der Waals surface area (Å²) < 4.78 is 0. The first-order valence-electron chi connectivity index (χ1n) is 8.82. The van der Waals surface area contributed by atoms with Crippen LogP contribution in [-0.2, 0) is 6.54 Å². The van der Waals surface area contributed by atoms with E-state index in [0.29, 0.717) is 13.1 Å². The molecule has 0 bridgehead atoms. The van der Waals surface area contributed by atoms with E-state index in [1.165, 1.54) is 25.6 Å². The topological polar surface area (TPSA) is 109 Å². The van der Waals surface area contributed by atoms with Gasteiger partial charge in [0.2, 0.25) is 11.6 Å². The molecular formula is C17H23N7O2. The Morgan fingerprint density at radius 1 is 1.15 bits per heavy atom. The van der Waals surface area contributed by atoms with Crippen LogP contribution in [0.5, 0.6) is 0 Å². The second-order valence-corrected chi connectivity index (χ2v) is 6.22. The molecule has 1 aliphatic heterocycles. The largest absolute Gasteiger partial charge is 0.363 e. The second-order valence-electron chi connectivity index (χ2n) is 6.22. The maximum atomic E-state index is 11.5. The van der Waals surface area contributed by atoms with Crippen LogP contribution in [0.1, 0.15) is 24.8 Å². The summed E-state index contributed by atoms with van der Waals surface area (Å²) in [5.74, 6) is 0.449. The van der Waals surface area contributed by atoms with E-state index in [0.717, 1.165) is 25.2 Å². The molecule has 0 unspecified atom stereocenters. The van der Waals surface area contributed by atoms with Gasteiger partial charge in [-0.05, 0) is 37.6 Å². The third-order valence-corrected chi connectivity index (χ3v) is 4.36.